The first-order valence-corrected chi connectivity index (χ1v) is 10.6. The van der Waals surface area contributed by atoms with Gasteiger partial charge in [-0.2, -0.15) is 0 Å². The van der Waals surface area contributed by atoms with E-state index < -0.39 is 5.60 Å². The molecule has 1 amide bonds. The first kappa shape index (κ1) is 21.1. The summed E-state index contributed by atoms with van der Waals surface area (Å²) in [6.45, 7) is 2.51. The van der Waals surface area contributed by atoms with E-state index in [2.05, 4.69) is 20.4 Å². The van der Waals surface area contributed by atoms with Crippen LogP contribution in [0.4, 0.5) is 5.82 Å². The summed E-state index contributed by atoms with van der Waals surface area (Å²) in [5, 5.41) is 11.2. The lowest BCUT2D eigenvalue weighted by Gasteiger charge is -2.41. The molecule has 8 heteroatoms. The van der Waals surface area contributed by atoms with Crippen LogP contribution in [0, 0.1) is 0 Å². The lowest BCUT2D eigenvalue weighted by atomic mass is 9.90. The van der Waals surface area contributed by atoms with Crippen LogP contribution in [0.2, 0.25) is 0 Å². The summed E-state index contributed by atoms with van der Waals surface area (Å²) < 4.78 is 7.57. The highest BCUT2D eigenvalue weighted by Gasteiger charge is 2.35. The fraction of sp³-hybridized carbons (Fsp3) is 0.391. The lowest BCUT2D eigenvalue weighted by Crippen LogP contribution is -2.51. The van der Waals surface area contributed by atoms with Gasteiger partial charge in [-0.1, -0.05) is 12.1 Å². The molecule has 0 unspecified atom stereocenters. The van der Waals surface area contributed by atoms with Gasteiger partial charge in [-0.15, -0.1) is 0 Å². The van der Waals surface area contributed by atoms with E-state index >= 15 is 0 Å². The molecule has 0 saturated carbocycles. The molecule has 1 fully saturated rings. The van der Waals surface area contributed by atoms with Gasteiger partial charge < -0.3 is 25.4 Å². The molecule has 1 saturated heterocycles. The third-order valence-electron chi connectivity index (χ3n) is 5.77. The number of amides is 1. The molecular formula is C23H29N5O3. The quantitative estimate of drug-likeness (QED) is 0.601. The number of carbonyl (C=O) groups excluding carboxylic acids is 1. The number of pyridine rings is 1. The van der Waals surface area contributed by atoms with E-state index in [1.54, 1.807) is 42.4 Å². The van der Waals surface area contributed by atoms with Crippen LogP contribution in [-0.4, -0.2) is 70.7 Å². The second-order valence-electron chi connectivity index (χ2n) is 8.08. The second-order valence-corrected chi connectivity index (χ2v) is 8.08. The van der Waals surface area contributed by atoms with Crippen molar-refractivity contribution < 1.29 is 14.6 Å². The Hall–Kier alpha value is -3.10. The van der Waals surface area contributed by atoms with Crippen LogP contribution in [0.1, 0.15) is 23.2 Å². The minimum Gasteiger partial charge on any atom is -0.492 e. The predicted molar refractivity (Wildman–Crippen MR) is 120 cm³/mol. The normalized spacial score (nSPS) is 15.8. The molecule has 0 spiro atoms. The van der Waals surface area contributed by atoms with Gasteiger partial charge in [0, 0.05) is 51.2 Å². The van der Waals surface area contributed by atoms with Crippen LogP contribution in [0.25, 0.3) is 5.65 Å². The zero-order chi connectivity index (χ0) is 21.8. The van der Waals surface area contributed by atoms with Gasteiger partial charge >= 0.3 is 0 Å². The number of hydrogen-bond acceptors (Lipinski definition) is 6. The fourth-order valence-electron chi connectivity index (χ4n) is 4.13. The Balaban J connectivity index is 1.38. The van der Waals surface area contributed by atoms with Gasteiger partial charge in [-0.05, 0) is 43.2 Å². The molecule has 1 aromatic carbocycles. The average molecular weight is 424 g/mol. The Kier molecular flexibility index (Phi) is 6.11. The second kappa shape index (κ2) is 8.95. The van der Waals surface area contributed by atoms with Crippen LogP contribution < -0.4 is 15.4 Å². The molecule has 31 heavy (non-hydrogen) atoms. The summed E-state index contributed by atoms with van der Waals surface area (Å²) in [7, 11) is 1.73. The molecule has 3 N–H and O–H groups in total. The molecule has 3 aromatic rings. The van der Waals surface area contributed by atoms with Crippen LogP contribution in [0.5, 0.6) is 5.75 Å². The van der Waals surface area contributed by atoms with Gasteiger partial charge in [0.25, 0.3) is 5.91 Å². The van der Waals surface area contributed by atoms with Crippen molar-refractivity contribution in [3.8, 4) is 5.75 Å². The topological polar surface area (TPSA) is 96.3 Å². The van der Waals surface area contributed by atoms with Crippen LogP contribution in [-0.2, 0) is 0 Å². The van der Waals surface area contributed by atoms with E-state index in [1.165, 1.54) is 0 Å². The number of imidazole rings is 1. The maximum atomic E-state index is 12.9. The standard InChI is InChI=1S/C23H29N5O3/c1-26(22(29)18-4-2-5-19(16-18)31-15-10-24)17-23(30)8-12-27(13-9-23)21-7-3-6-20-25-11-14-28(20)21/h2-7,11,14,16,30H,8-10,12-13,15,17,24H2,1H3. The molecule has 3 heterocycles. The molecule has 0 radical (unpaired) electrons. The number of carbonyl (C=O) groups is 1. The van der Waals surface area contributed by atoms with Gasteiger partial charge in [0.1, 0.15) is 23.8 Å². The number of likely N-dealkylation sites (N-methyl/N-ethyl adjacent to an activating group) is 1. The van der Waals surface area contributed by atoms with Crippen LogP contribution >= 0.6 is 0 Å². The van der Waals surface area contributed by atoms with Crippen molar-refractivity contribution >= 4 is 17.4 Å². The van der Waals surface area contributed by atoms with Gasteiger partial charge in [-0.3, -0.25) is 9.20 Å². The number of ether oxygens (including phenoxy) is 1. The minimum absolute atomic E-state index is 0.141. The zero-order valence-electron chi connectivity index (χ0n) is 17.8. The molecule has 2 aromatic heterocycles. The molecule has 1 aliphatic heterocycles. The molecule has 1 aliphatic rings. The van der Waals surface area contributed by atoms with Crippen molar-refractivity contribution in [2.24, 2.45) is 5.73 Å². The summed E-state index contributed by atoms with van der Waals surface area (Å²) >= 11 is 0. The molecule has 0 atom stereocenters. The largest absolute Gasteiger partial charge is 0.492 e. The summed E-state index contributed by atoms with van der Waals surface area (Å²) in [6, 6.07) is 13.1. The summed E-state index contributed by atoms with van der Waals surface area (Å²) in [5.41, 5.74) is 5.99. The van der Waals surface area contributed by atoms with Crippen LogP contribution in [0.3, 0.4) is 0 Å². The highest BCUT2D eigenvalue weighted by atomic mass is 16.5. The molecule has 4 rings (SSSR count). The summed E-state index contributed by atoms with van der Waals surface area (Å²) in [4.78, 5) is 21.1. The number of benzene rings is 1. The van der Waals surface area contributed by atoms with Gasteiger partial charge in [0.05, 0.1) is 5.60 Å². The predicted octanol–water partition coefficient (Wildman–Crippen LogP) is 1.78. The van der Waals surface area contributed by atoms with E-state index in [-0.39, 0.29) is 12.5 Å². The minimum atomic E-state index is -0.919. The van der Waals surface area contributed by atoms with E-state index in [0.717, 1.165) is 11.5 Å². The molecule has 8 nitrogen and oxygen atoms in total. The Labute approximate surface area is 181 Å². The van der Waals surface area contributed by atoms with Gasteiger partial charge in [-0.25, -0.2) is 4.98 Å². The number of aliphatic hydroxyl groups is 1. The smallest absolute Gasteiger partial charge is 0.253 e. The summed E-state index contributed by atoms with van der Waals surface area (Å²) in [5.74, 6) is 1.54. The zero-order valence-corrected chi connectivity index (χ0v) is 17.8. The van der Waals surface area contributed by atoms with Gasteiger partial charge in [0.15, 0.2) is 0 Å². The Bertz CT molecular complexity index is 1040. The highest BCUT2D eigenvalue weighted by Crippen LogP contribution is 2.28. The van der Waals surface area contributed by atoms with Crippen molar-refractivity contribution in [1.29, 1.82) is 0 Å². The average Bonchev–Trinajstić information content (AvgIpc) is 3.27. The number of rotatable bonds is 7. The summed E-state index contributed by atoms with van der Waals surface area (Å²) in [6.07, 6.45) is 4.89. The third-order valence-corrected chi connectivity index (χ3v) is 5.77. The SMILES string of the molecule is CN(CC1(O)CCN(c2cccc3nccn23)CC1)C(=O)c1cccc(OCCN)c1. The van der Waals surface area contributed by atoms with E-state index in [4.69, 9.17) is 10.5 Å². The number of fused-ring (bicyclic) bond motifs is 1. The number of hydrogen-bond donors (Lipinski definition) is 2. The number of piperidine rings is 1. The number of nitrogens with two attached hydrogens (primary N) is 1. The number of nitrogens with zero attached hydrogens (tertiary/aromatic N) is 4. The number of anilines is 1. The monoisotopic (exact) mass is 423 g/mol. The maximum absolute atomic E-state index is 12.9. The van der Waals surface area contributed by atoms with Gasteiger partial charge in [0.2, 0.25) is 0 Å². The van der Waals surface area contributed by atoms with Crippen molar-refractivity contribution in [3.05, 3.63) is 60.4 Å². The Morgan fingerprint density at radius 2 is 2.03 bits per heavy atom. The Morgan fingerprint density at radius 3 is 2.81 bits per heavy atom. The third kappa shape index (κ3) is 4.65. The first-order valence-electron chi connectivity index (χ1n) is 10.6. The molecular weight excluding hydrogens is 394 g/mol. The number of aromatic nitrogens is 2. The van der Waals surface area contributed by atoms with Crippen LogP contribution in [0.15, 0.2) is 54.9 Å². The van der Waals surface area contributed by atoms with Crippen molar-refractivity contribution in [2.75, 3.05) is 44.7 Å². The highest BCUT2D eigenvalue weighted by molar-refractivity contribution is 5.94. The van der Waals surface area contributed by atoms with Crippen molar-refractivity contribution in [1.82, 2.24) is 14.3 Å². The lowest BCUT2D eigenvalue weighted by molar-refractivity contribution is -0.00813. The fourth-order valence-corrected chi connectivity index (χ4v) is 4.13. The van der Waals surface area contributed by atoms with Crippen molar-refractivity contribution in [3.63, 3.8) is 0 Å². The van der Waals surface area contributed by atoms with E-state index in [0.29, 0.717) is 50.4 Å². The van der Waals surface area contributed by atoms with Crippen molar-refractivity contribution in [2.45, 2.75) is 18.4 Å². The Morgan fingerprint density at radius 1 is 1.26 bits per heavy atom. The van der Waals surface area contributed by atoms with E-state index in [1.807, 2.05) is 18.3 Å². The van der Waals surface area contributed by atoms with E-state index in [9.17, 15) is 9.90 Å². The first-order chi connectivity index (χ1) is 15.0. The molecule has 0 aliphatic carbocycles. The molecule has 164 valence electrons. The maximum Gasteiger partial charge on any atom is 0.253 e. The molecule has 0 bridgehead atoms.